The second-order valence-electron chi connectivity index (χ2n) is 5.45. The molecule has 0 spiro atoms. The van der Waals surface area contributed by atoms with Gasteiger partial charge in [-0.25, -0.2) is 4.98 Å². The van der Waals surface area contributed by atoms with E-state index in [0.717, 1.165) is 32.7 Å². The van der Waals surface area contributed by atoms with Gasteiger partial charge in [-0.15, -0.1) is 0 Å². The second-order valence-corrected chi connectivity index (χ2v) is 5.45. The number of aromatic nitrogens is 2. The van der Waals surface area contributed by atoms with E-state index in [1.807, 2.05) is 23.1 Å². The SMILES string of the molecule is Nc1nc(N2CCN(Cc3ccccc3)CC2)ncc1[N+](=O)[O-]. The lowest BCUT2D eigenvalue weighted by Gasteiger charge is -2.34. The highest BCUT2D eigenvalue weighted by Crippen LogP contribution is 2.21. The Morgan fingerprint density at radius 2 is 1.87 bits per heavy atom. The van der Waals surface area contributed by atoms with Gasteiger partial charge < -0.3 is 10.6 Å². The van der Waals surface area contributed by atoms with Gasteiger partial charge in [0.1, 0.15) is 6.20 Å². The van der Waals surface area contributed by atoms with E-state index in [9.17, 15) is 10.1 Å². The quantitative estimate of drug-likeness (QED) is 0.670. The summed E-state index contributed by atoms with van der Waals surface area (Å²) in [5.74, 6) is 0.360. The summed E-state index contributed by atoms with van der Waals surface area (Å²) in [6.07, 6.45) is 1.17. The summed E-state index contributed by atoms with van der Waals surface area (Å²) in [7, 11) is 0. The van der Waals surface area contributed by atoms with Crippen molar-refractivity contribution >= 4 is 17.5 Å². The van der Waals surface area contributed by atoms with Crippen molar-refractivity contribution in [3.05, 3.63) is 52.2 Å². The van der Waals surface area contributed by atoms with Crippen molar-refractivity contribution in [1.82, 2.24) is 14.9 Å². The number of nitro groups is 1. The maximum atomic E-state index is 10.8. The van der Waals surface area contributed by atoms with Crippen LogP contribution in [-0.2, 0) is 6.54 Å². The van der Waals surface area contributed by atoms with Gasteiger partial charge in [0, 0.05) is 32.7 Å². The third kappa shape index (κ3) is 3.54. The molecular weight excluding hydrogens is 296 g/mol. The average Bonchev–Trinajstić information content (AvgIpc) is 2.56. The zero-order valence-corrected chi connectivity index (χ0v) is 12.6. The van der Waals surface area contributed by atoms with E-state index in [0.29, 0.717) is 5.95 Å². The molecule has 2 aromatic rings. The number of rotatable bonds is 4. The van der Waals surface area contributed by atoms with Crippen LogP contribution in [0.25, 0.3) is 0 Å². The molecule has 1 aromatic heterocycles. The van der Waals surface area contributed by atoms with Gasteiger partial charge in [-0.2, -0.15) is 4.98 Å². The summed E-state index contributed by atoms with van der Waals surface area (Å²) in [6, 6.07) is 10.3. The first-order chi connectivity index (χ1) is 11.1. The van der Waals surface area contributed by atoms with Crippen LogP contribution in [-0.4, -0.2) is 46.0 Å². The molecular formula is C15H18N6O2. The van der Waals surface area contributed by atoms with Crippen LogP contribution >= 0.6 is 0 Å². The van der Waals surface area contributed by atoms with E-state index in [-0.39, 0.29) is 11.5 Å². The molecule has 1 aromatic carbocycles. The van der Waals surface area contributed by atoms with Gasteiger partial charge in [0.05, 0.1) is 4.92 Å². The summed E-state index contributed by atoms with van der Waals surface area (Å²) in [6.45, 7) is 4.22. The summed E-state index contributed by atoms with van der Waals surface area (Å²) in [5, 5.41) is 10.8. The van der Waals surface area contributed by atoms with Crippen LogP contribution in [0, 0.1) is 10.1 Å². The summed E-state index contributed by atoms with van der Waals surface area (Å²) in [5.41, 5.74) is 6.66. The number of anilines is 2. The van der Waals surface area contributed by atoms with Crippen LogP contribution < -0.4 is 10.6 Å². The highest BCUT2D eigenvalue weighted by molar-refractivity contribution is 5.53. The van der Waals surface area contributed by atoms with Crippen molar-refractivity contribution in [2.45, 2.75) is 6.54 Å². The summed E-state index contributed by atoms with van der Waals surface area (Å²) < 4.78 is 0. The third-order valence-electron chi connectivity index (χ3n) is 3.89. The lowest BCUT2D eigenvalue weighted by atomic mass is 10.2. The molecule has 0 atom stereocenters. The Balaban J connectivity index is 1.60. The van der Waals surface area contributed by atoms with E-state index in [1.54, 1.807) is 0 Å². The zero-order chi connectivity index (χ0) is 16.2. The van der Waals surface area contributed by atoms with Gasteiger partial charge >= 0.3 is 5.69 Å². The lowest BCUT2D eigenvalue weighted by molar-refractivity contribution is -0.384. The first-order valence-corrected chi connectivity index (χ1v) is 7.41. The molecule has 0 bridgehead atoms. The standard InChI is InChI=1S/C15H18N6O2/c16-14-13(21(22)23)10-17-15(18-14)20-8-6-19(7-9-20)11-12-4-2-1-3-5-12/h1-5,10H,6-9,11H2,(H2,16,17,18). The fourth-order valence-electron chi connectivity index (χ4n) is 2.62. The Bertz CT molecular complexity index is 686. The minimum Gasteiger partial charge on any atom is -0.378 e. The predicted molar refractivity (Wildman–Crippen MR) is 87.0 cm³/mol. The number of nitrogens with zero attached hydrogens (tertiary/aromatic N) is 5. The Labute approximate surface area is 133 Å². The summed E-state index contributed by atoms with van der Waals surface area (Å²) in [4.78, 5) is 22.7. The number of hydrogen-bond acceptors (Lipinski definition) is 7. The minimum atomic E-state index is -0.573. The van der Waals surface area contributed by atoms with E-state index in [2.05, 4.69) is 27.0 Å². The van der Waals surface area contributed by atoms with Gasteiger partial charge in [-0.05, 0) is 5.56 Å². The molecule has 1 fully saturated rings. The van der Waals surface area contributed by atoms with Crippen molar-refractivity contribution in [2.24, 2.45) is 0 Å². The van der Waals surface area contributed by atoms with Gasteiger partial charge in [0.15, 0.2) is 0 Å². The van der Waals surface area contributed by atoms with Gasteiger partial charge in [0.2, 0.25) is 11.8 Å². The Morgan fingerprint density at radius 3 is 2.48 bits per heavy atom. The molecule has 8 nitrogen and oxygen atoms in total. The fourth-order valence-corrected chi connectivity index (χ4v) is 2.62. The van der Waals surface area contributed by atoms with E-state index >= 15 is 0 Å². The van der Waals surface area contributed by atoms with Gasteiger partial charge in [-0.1, -0.05) is 30.3 Å². The maximum absolute atomic E-state index is 10.8. The first kappa shape index (κ1) is 15.2. The number of hydrogen-bond donors (Lipinski definition) is 1. The van der Waals surface area contributed by atoms with E-state index in [1.165, 1.54) is 11.8 Å². The molecule has 8 heteroatoms. The maximum Gasteiger partial charge on any atom is 0.329 e. The molecule has 2 N–H and O–H groups in total. The number of piperazine rings is 1. The Kier molecular flexibility index (Phi) is 4.33. The first-order valence-electron chi connectivity index (χ1n) is 7.41. The smallest absolute Gasteiger partial charge is 0.329 e. The molecule has 1 aliphatic rings. The second kappa shape index (κ2) is 6.57. The van der Waals surface area contributed by atoms with E-state index < -0.39 is 4.92 Å². The lowest BCUT2D eigenvalue weighted by Crippen LogP contribution is -2.46. The highest BCUT2D eigenvalue weighted by Gasteiger charge is 2.21. The van der Waals surface area contributed by atoms with Crippen molar-refractivity contribution in [1.29, 1.82) is 0 Å². The molecule has 0 amide bonds. The average molecular weight is 314 g/mol. The number of benzene rings is 1. The molecule has 23 heavy (non-hydrogen) atoms. The van der Waals surface area contributed by atoms with Crippen LogP contribution in [0.3, 0.4) is 0 Å². The summed E-state index contributed by atoms with van der Waals surface area (Å²) >= 11 is 0. The predicted octanol–water partition coefficient (Wildman–Crippen LogP) is 1.29. The largest absolute Gasteiger partial charge is 0.378 e. The van der Waals surface area contributed by atoms with Crippen LogP contribution in [0.5, 0.6) is 0 Å². The van der Waals surface area contributed by atoms with Crippen molar-refractivity contribution < 1.29 is 4.92 Å². The molecule has 2 heterocycles. The molecule has 1 aliphatic heterocycles. The molecule has 3 rings (SSSR count). The monoisotopic (exact) mass is 314 g/mol. The number of nitrogens with two attached hydrogens (primary N) is 1. The minimum absolute atomic E-state index is 0.0910. The highest BCUT2D eigenvalue weighted by atomic mass is 16.6. The zero-order valence-electron chi connectivity index (χ0n) is 12.6. The molecule has 0 aliphatic carbocycles. The van der Waals surface area contributed by atoms with Gasteiger partial charge in [-0.3, -0.25) is 15.0 Å². The van der Waals surface area contributed by atoms with E-state index in [4.69, 9.17) is 5.73 Å². The molecule has 0 radical (unpaired) electrons. The molecule has 120 valence electrons. The van der Waals surface area contributed by atoms with Crippen LogP contribution in [0.2, 0.25) is 0 Å². The topological polar surface area (TPSA) is 101 Å². The number of nitrogen functional groups attached to an aromatic ring is 1. The Hall–Kier alpha value is -2.74. The normalized spacial score (nSPS) is 15.6. The van der Waals surface area contributed by atoms with Gasteiger partial charge in [0.25, 0.3) is 0 Å². The third-order valence-corrected chi connectivity index (χ3v) is 3.89. The van der Waals surface area contributed by atoms with Crippen molar-refractivity contribution in [3.8, 4) is 0 Å². The Morgan fingerprint density at radius 1 is 1.17 bits per heavy atom. The van der Waals surface area contributed by atoms with Crippen LogP contribution in [0.1, 0.15) is 5.56 Å². The molecule has 1 saturated heterocycles. The fraction of sp³-hybridized carbons (Fsp3) is 0.333. The molecule has 0 saturated carbocycles. The van der Waals surface area contributed by atoms with Crippen molar-refractivity contribution in [3.63, 3.8) is 0 Å². The molecule has 0 unspecified atom stereocenters. The van der Waals surface area contributed by atoms with Crippen LogP contribution in [0.15, 0.2) is 36.5 Å². The van der Waals surface area contributed by atoms with Crippen molar-refractivity contribution in [2.75, 3.05) is 36.8 Å². The van der Waals surface area contributed by atoms with Crippen LogP contribution in [0.4, 0.5) is 17.5 Å².